The Morgan fingerprint density at radius 3 is 1.55 bits per heavy atom. The molecule has 0 aliphatic heterocycles. The molecule has 1 aliphatic rings. The van der Waals surface area contributed by atoms with Gasteiger partial charge in [-0.25, -0.2) is 0 Å². The standard InChI is InChI=1S/C49H34N4/c50-49-47(39-20-16-36(17-21-39)44-23-19-34-7-2-4-9-41(34)29-44)31-45(32-48(49)53-52-46-11-5-10-42(30-46)38-24-26-51-27-25-38)37-14-12-35(13-15-37)43-22-18-33-6-1-3-8-40(33)28-43/h1-32,50,52H/b50-49?,53-48-. The average molecular weight is 679 g/mol. The molecular weight excluding hydrogens is 645 g/mol. The summed E-state index contributed by atoms with van der Waals surface area (Å²) in [5.41, 5.74) is 15.6. The number of hydrogen-bond acceptors (Lipinski definition) is 4. The molecule has 7 aromatic carbocycles. The fourth-order valence-corrected chi connectivity index (χ4v) is 6.98. The van der Waals surface area contributed by atoms with Gasteiger partial charge in [0.15, 0.2) is 0 Å². The van der Waals surface area contributed by atoms with Crippen LogP contribution >= 0.6 is 0 Å². The van der Waals surface area contributed by atoms with Gasteiger partial charge in [-0.3, -0.25) is 15.8 Å². The number of hydrogen-bond donors (Lipinski definition) is 2. The summed E-state index contributed by atoms with van der Waals surface area (Å²) in [7, 11) is 0. The zero-order valence-corrected chi connectivity index (χ0v) is 28.9. The summed E-state index contributed by atoms with van der Waals surface area (Å²) in [5.74, 6) is 0. The highest BCUT2D eigenvalue weighted by atomic mass is 15.3. The first-order valence-electron chi connectivity index (χ1n) is 17.7. The summed E-state index contributed by atoms with van der Waals surface area (Å²) >= 11 is 0. The van der Waals surface area contributed by atoms with Gasteiger partial charge in [-0.05, 0) is 120 Å². The Labute approximate surface area is 308 Å². The predicted octanol–water partition coefficient (Wildman–Crippen LogP) is 12.4. The second kappa shape index (κ2) is 13.9. The lowest BCUT2D eigenvalue weighted by Gasteiger charge is -2.18. The van der Waals surface area contributed by atoms with Crippen LogP contribution in [0.15, 0.2) is 200 Å². The van der Waals surface area contributed by atoms with Crippen LogP contribution in [0.4, 0.5) is 5.69 Å². The van der Waals surface area contributed by atoms with E-state index < -0.39 is 0 Å². The molecular formula is C49H34N4. The van der Waals surface area contributed by atoms with Crippen molar-refractivity contribution in [3.8, 4) is 33.4 Å². The smallest absolute Gasteiger partial charge is 0.109 e. The molecule has 1 aromatic heterocycles. The molecule has 8 aromatic rings. The Kier molecular flexibility index (Phi) is 8.31. The van der Waals surface area contributed by atoms with Gasteiger partial charge in [0, 0.05) is 18.0 Å². The van der Waals surface area contributed by atoms with E-state index in [-0.39, 0.29) is 0 Å². The summed E-state index contributed by atoms with van der Waals surface area (Å²) in [6, 6.07) is 59.3. The number of rotatable bonds is 7. The molecule has 1 heterocycles. The molecule has 0 unspecified atom stereocenters. The van der Waals surface area contributed by atoms with E-state index in [0.717, 1.165) is 55.8 Å². The van der Waals surface area contributed by atoms with Gasteiger partial charge in [-0.15, -0.1) is 0 Å². The van der Waals surface area contributed by atoms with Gasteiger partial charge in [0.25, 0.3) is 0 Å². The molecule has 250 valence electrons. The highest BCUT2D eigenvalue weighted by Gasteiger charge is 2.20. The van der Waals surface area contributed by atoms with Gasteiger partial charge in [0.05, 0.1) is 11.4 Å². The summed E-state index contributed by atoms with van der Waals surface area (Å²) < 4.78 is 0. The van der Waals surface area contributed by atoms with Crippen LogP contribution < -0.4 is 5.43 Å². The van der Waals surface area contributed by atoms with Crippen molar-refractivity contribution in [1.29, 1.82) is 5.41 Å². The number of benzene rings is 7. The Balaban J connectivity index is 1.06. The molecule has 0 fully saturated rings. The summed E-state index contributed by atoms with van der Waals surface area (Å²) in [4.78, 5) is 4.15. The molecule has 0 saturated carbocycles. The Bertz CT molecular complexity index is 2740. The van der Waals surface area contributed by atoms with Crippen LogP contribution in [0, 0.1) is 5.41 Å². The number of pyridine rings is 1. The van der Waals surface area contributed by atoms with E-state index in [1.54, 1.807) is 12.4 Å². The maximum atomic E-state index is 9.37. The number of aromatic nitrogens is 1. The molecule has 0 radical (unpaired) electrons. The third-order valence-corrected chi connectivity index (χ3v) is 9.88. The third-order valence-electron chi connectivity index (χ3n) is 9.88. The molecule has 2 N–H and O–H groups in total. The van der Waals surface area contributed by atoms with Crippen molar-refractivity contribution in [1.82, 2.24) is 4.98 Å². The number of anilines is 1. The second-order valence-electron chi connectivity index (χ2n) is 13.2. The van der Waals surface area contributed by atoms with Crippen LogP contribution in [0.5, 0.6) is 0 Å². The molecule has 0 atom stereocenters. The monoisotopic (exact) mass is 678 g/mol. The largest absolute Gasteiger partial charge is 0.298 e. The minimum Gasteiger partial charge on any atom is -0.298 e. The maximum Gasteiger partial charge on any atom is 0.109 e. The van der Waals surface area contributed by atoms with Crippen molar-refractivity contribution in [2.45, 2.75) is 0 Å². The number of fused-ring (bicyclic) bond motifs is 2. The van der Waals surface area contributed by atoms with Crippen molar-refractivity contribution in [2.75, 3.05) is 5.43 Å². The number of nitrogens with one attached hydrogen (secondary N) is 2. The lowest BCUT2D eigenvalue weighted by atomic mass is 9.87. The van der Waals surface area contributed by atoms with Gasteiger partial charge >= 0.3 is 0 Å². The van der Waals surface area contributed by atoms with Crippen LogP contribution in [0.3, 0.4) is 0 Å². The number of hydrazone groups is 1. The van der Waals surface area contributed by atoms with Crippen molar-refractivity contribution < 1.29 is 0 Å². The van der Waals surface area contributed by atoms with Crippen molar-refractivity contribution in [3.05, 3.63) is 206 Å². The van der Waals surface area contributed by atoms with E-state index in [0.29, 0.717) is 11.4 Å². The first kappa shape index (κ1) is 31.8. The van der Waals surface area contributed by atoms with Gasteiger partial charge in [-0.2, -0.15) is 5.10 Å². The molecule has 0 bridgehead atoms. The van der Waals surface area contributed by atoms with Crippen LogP contribution in [-0.2, 0) is 0 Å². The van der Waals surface area contributed by atoms with Gasteiger partial charge < -0.3 is 0 Å². The van der Waals surface area contributed by atoms with Crippen LogP contribution in [0.1, 0.15) is 11.1 Å². The molecule has 0 spiro atoms. The Morgan fingerprint density at radius 1 is 0.415 bits per heavy atom. The third kappa shape index (κ3) is 6.58. The Hall–Kier alpha value is -7.17. The van der Waals surface area contributed by atoms with Crippen LogP contribution in [0.25, 0.3) is 66.1 Å². The fourth-order valence-electron chi connectivity index (χ4n) is 6.98. The topological polar surface area (TPSA) is 61.1 Å². The molecule has 4 heteroatoms. The number of allylic oxidation sites excluding steroid dienone is 4. The molecule has 1 aliphatic carbocycles. The van der Waals surface area contributed by atoms with Gasteiger partial charge in [0.2, 0.25) is 0 Å². The minimum atomic E-state index is 0.359. The van der Waals surface area contributed by atoms with Gasteiger partial charge in [0.1, 0.15) is 5.71 Å². The van der Waals surface area contributed by atoms with Crippen molar-refractivity contribution in [3.63, 3.8) is 0 Å². The van der Waals surface area contributed by atoms with Crippen LogP contribution in [0.2, 0.25) is 0 Å². The lowest BCUT2D eigenvalue weighted by molar-refractivity contribution is 1.32. The number of nitrogens with zero attached hydrogens (tertiary/aromatic N) is 2. The van der Waals surface area contributed by atoms with Gasteiger partial charge in [-0.1, -0.05) is 133 Å². The first-order valence-corrected chi connectivity index (χ1v) is 17.7. The maximum absolute atomic E-state index is 9.37. The Morgan fingerprint density at radius 2 is 0.925 bits per heavy atom. The summed E-state index contributed by atoms with van der Waals surface area (Å²) in [6.45, 7) is 0. The highest BCUT2D eigenvalue weighted by Crippen LogP contribution is 2.33. The van der Waals surface area contributed by atoms with E-state index in [1.807, 2.05) is 30.3 Å². The molecule has 53 heavy (non-hydrogen) atoms. The molecule has 9 rings (SSSR count). The van der Waals surface area contributed by atoms with Crippen molar-refractivity contribution in [2.24, 2.45) is 5.10 Å². The van der Waals surface area contributed by atoms with E-state index in [1.165, 1.54) is 27.1 Å². The van der Waals surface area contributed by atoms with E-state index >= 15 is 0 Å². The average Bonchev–Trinajstić information content (AvgIpc) is 3.23. The molecule has 0 saturated heterocycles. The quantitative estimate of drug-likeness (QED) is 0.130. The first-order chi connectivity index (χ1) is 26.1. The second-order valence-corrected chi connectivity index (χ2v) is 13.2. The zero-order valence-electron chi connectivity index (χ0n) is 28.9. The van der Waals surface area contributed by atoms with E-state index in [2.05, 4.69) is 162 Å². The summed E-state index contributed by atoms with van der Waals surface area (Å²) in [5, 5.41) is 19.1. The lowest BCUT2D eigenvalue weighted by Crippen LogP contribution is -2.18. The fraction of sp³-hybridized carbons (Fsp3) is 0. The van der Waals surface area contributed by atoms with Crippen molar-refractivity contribution >= 4 is 49.8 Å². The normalized spacial score (nSPS) is 13.6. The molecule has 0 amide bonds. The summed E-state index contributed by atoms with van der Waals surface area (Å²) in [6.07, 6.45) is 7.70. The van der Waals surface area contributed by atoms with Crippen LogP contribution in [-0.4, -0.2) is 16.4 Å². The van der Waals surface area contributed by atoms with E-state index in [4.69, 9.17) is 5.10 Å². The predicted molar refractivity (Wildman–Crippen MR) is 223 cm³/mol. The van der Waals surface area contributed by atoms with E-state index in [9.17, 15) is 5.41 Å². The zero-order chi connectivity index (χ0) is 35.6. The highest BCUT2D eigenvalue weighted by molar-refractivity contribution is 6.62. The SMILES string of the molecule is N=C1C(c2ccc(-c3ccc4ccccc4c3)cc2)=CC(c2ccc(-c3ccc4ccccc4c3)cc2)=C/C1=N/Nc1cccc(-c2ccncc2)c1. The minimum absolute atomic E-state index is 0.359. The molecule has 4 nitrogen and oxygen atoms in total.